The highest BCUT2D eigenvalue weighted by Gasteiger charge is 2.28. The van der Waals surface area contributed by atoms with Gasteiger partial charge in [-0.25, -0.2) is 16.8 Å². The number of aromatic nitrogens is 6. The monoisotopic (exact) mass is 862 g/mol. The third-order valence-electron chi connectivity index (χ3n) is 7.87. The summed E-state index contributed by atoms with van der Waals surface area (Å²) >= 11 is 4.64. The molecule has 0 aliphatic carbocycles. The Morgan fingerprint density at radius 1 is 0.679 bits per heavy atom. The Morgan fingerprint density at radius 2 is 1.30 bits per heavy atom. The number of amides is 2. The fraction of sp³-hybridized carbons (Fsp3) is 0.111. The molecule has 0 aliphatic rings. The van der Waals surface area contributed by atoms with Gasteiger partial charge in [-0.05, 0) is 66.4 Å². The molecule has 0 atom stereocenters. The van der Waals surface area contributed by atoms with Crippen LogP contribution in [0.5, 0.6) is 0 Å². The normalized spacial score (nSPS) is 11.8. The van der Waals surface area contributed by atoms with Gasteiger partial charge in [-0.1, -0.05) is 71.6 Å². The van der Waals surface area contributed by atoms with E-state index in [2.05, 4.69) is 31.0 Å². The van der Waals surface area contributed by atoms with Crippen molar-refractivity contribution < 1.29 is 26.4 Å². The first-order valence-corrected chi connectivity index (χ1v) is 23.5. The molecule has 56 heavy (non-hydrogen) atoms. The van der Waals surface area contributed by atoms with Crippen LogP contribution in [0.15, 0.2) is 122 Å². The fourth-order valence-corrected chi connectivity index (χ4v) is 11.2. The largest absolute Gasteiger partial charge is 0.325 e. The van der Waals surface area contributed by atoms with E-state index in [9.17, 15) is 26.4 Å². The number of anilines is 2. The number of thioether (sulfide) groups is 2. The SMILES string of the molecule is Cc1ccc(S(=O)(=O)n2c(SCC(=O)Nc3ccccc3)nnc2-c2csc(-c3cccc(NC(=O)CSc4nnc(-c5ccsc5)n4S(C)(=O)=O)c3)c2)cc1. The number of thiophene rings is 2. The molecule has 7 aromatic rings. The number of nitrogens with zero attached hydrogens (tertiary/aromatic N) is 6. The summed E-state index contributed by atoms with van der Waals surface area (Å²) in [6, 6.07) is 26.0. The number of carbonyl (C=O) groups is 2. The molecule has 0 aliphatic heterocycles. The van der Waals surface area contributed by atoms with Crippen molar-refractivity contribution in [3.05, 3.63) is 113 Å². The standard InChI is InChI=1S/C36H30N8O6S6/c1-23-11-13-29(14-12-23)56(49,50)44-34(40-42-36(44)54-21-31(45)37-27-8-4-3-5-9-27)26-18-30(52-20-26)24-7-6-10-28(17-24)38-32(46)22-53-35-41-39-33(25-15-16-51-19-25)43(35)55(2,47)48/h3-20H,21-22H2,1-2H3,(H,37,45)(H,38,46). The molecule has 2 amide bonds. The molecular weight excluding hydrogens is 833 g/mol. The fourth-order valence-electron chi connectivity index (χ4n) is 5.30. The molecule has 3 aromatic carbocycles. The Labute approximate surface area is 338 Å². The molecule has 0 spiro atoms. The first kappa shape index (κ1) is 39.1. The average Bonchev–Trinajstić information content (AvgIpc) is 4.00. The number of benzene rings is 3. The van der Waals surface area contributed by atoms with Crippen LogP contribution in [-0.4, -0.2) is 74.8 Å². The van der Waals surface area contributed by atoms with Crippen LogP contribution in [0.4, 0.5) is 11.4 Å². The number of hydrogen-bond donors (Lipinski definition) is 2. The molecule has 7 rings (SSSR count). The molecule has 0 unspecified atom stereocenters. The quantitative estimate of drug-likeness (QED) is 0.109. The van der Waals surface area contributed by atoms with E-state index < -0.39 is 26.0 Å². The van der Waals surface area contributed by atoms with Crippen LogP contribution in [0.25, 0.3) is 33.2 Å². The molecule has 0 bridgehead atoms. The number of rotatable bonds is 14. The summed E-state index contributed by atoms with van der Waals surface area (Å²) in [6.45, 7) is 1.86. The maximum atomic E-state index is 14.1. The zero-order valence-corrected chi connectivity index (χ0v) is 34.3. The van der Waals surface area contributed by atoms with Crippen molar-refractivity contribution in [3.8, 4) is 33.2 Å². The molecule has 14 nitrogen and oxygen atoms in total. The highest BCUT2D eigenvalue weighted by Crippen LogP contribution is 2.36. The number of nitrogens with one attached hydrogen (secondary N) is 2. The van der Waals surface area contributed by atoms with Gasteiger partial charge in [0.05, 0.1) is 22.7 Å². The molecule has 286 valence electrons. The summed E-state index contributed by atoms with van der Waals surface area (Å²) in [7, 11) is -7.97. The molecule has 0 saturated heterocycles. The van der Waals surface area contributed by atoms with Crippen LogP contribution in [0.3, 0.4) is 0 Å². The molecule has 20 heteroatoms. The number of hydrogen-bond acceptors (Lipinski definition) is 14. The van der Waals surface area contributed by atoms with E-state index in [4.69, 9.17) is 0 Å². The summed E-state index contributed by atoms with van der Waals surface area (Å²) in [5, 5.41) is 27.6. The average molecular weight is 863 g/mol. The molecular formula is C36H30N8O6S6. The van der Waals surface area contributed by atoms with Gasteiger partial charge in [0.15, 0.2) is 11.6 Å². The van der Waals surface area contributed by atoms with Crippen molar-refractivity contribution in [1.82, 2.24) is 28.3 Å². The van der Waals surface area contributed by atoms with Gasteiger partial charge in [0.2, 0.25) is 32.2 Å². The van der Waals surface area contributed by atoms with Crippen molar-refractivity contribution in [2.24, 2.45) is 0 Å². The van der Waals surface area contributed by atoms with Gasteiger partial charge in [0.25, 0.3) is 10.0 Å². The Hall–Kier alpha value is -5.12. The molecule has 0 radical (unpaired) electrons. The minimum Gasteiger partial charge on any atom is -0.325 e. The summed E-state index contributed by atoms with van der Waals surface area (Å²) in [4.78, 5) is 26.6. The van der Waals surface area contributed by atoms with Crippen LogP contribution in [0.2, 0.25) is 0 Å². The van der Waals surface area contributed by atoms with E-state index in [-0.39, 0.29) is 44.3 Å². The Balaban J connectivity index is 1.10. The van der Waals surface area contributed by atoms with Crippen LogP contribution in [0.1, 0.15) is 5.56 Å². The topological polar surface area (TPSA) is 188 Å². The lowest BCUT2D eigenvalue weighted by molar-refractivity contribution is -0.114. The second kappa shape index (κ2) is 16.5. The second-order valence-electron chi connectivity index (χ2n) is 12.1. The van der Waals surface area contributed by atoms with Crippen LogP contribution in [-0.2, 0) is 29.6 Å². The molecule has 0 saturated carbocycles. The van der Waals surface area contributed by atoms with E-state index in [1.165, 1.54) is 34.8 Å². The first-order chi connectivity index (χ1) is 26.9. The van der Waals surface area contributed by atoms with Gasteiger partial charge in [0.1, 0.15) is 0 Å². The third kappa shape index (κ3) is 8.79. The predicted octanol–water partition coefficient (Wildman–Crippen LogP) is 6.81. The van der Waals surface area contributed by atoms with Gasteiger partial charge in [-0.15, -0.1) is 31.7 Å². The van der Waals surface area contributed by atoms with Crippen molar-refractivity contribution in [1.29, 1.82) is 0 Å². The maximum Gasteiger partial charge on any atom is 0.271 e. The van der Waals surface area contributed by atoms with Gasteiger partial charge in [-0.2, -0.15) is 19.3 Å². The Morgan fingerprint density at radius 3 is 1.95 bits per heavy atom. The van der Waals surface area contributed by atoms with Gasteiger partial charge < -0.3 is 10.6 Å². The van der Waals surface area contributed by atoms with Crippen molar-refractivity contribution in [2.75, 3.05) is 28.4 Å². The van der Waals surface area contributed by atoms with Gasteiger partial charge in [-0.3, -0.25) is 9.59 Å². The van der Waals surface area contributed by atoms with E-state index in [0.717, 1.165) is 53.7 Å². The lowest BCUT2D eigenvalue weighted by Gasteiger charge is -2.11. The molecule has 4 aromatic heterocycles. The molecule has 0 fully saturated rings. The van der Waals surface area contributed by atoms with Crippen LogP contribution in [0, 0.1) is 6.92 Å². The second-order valence-corrected chi connectivity index (χ2v) is 19.2. The van der Waals surface area contributed by atoms with E-state index in [1.807, 2.05) is 19.1 Å². The zero-order chi connectivity index (χ0) is 39.5. The number of carbonyl (C=O) groups excluding carboxylic acids is 2. The first-order valence-electron chi connectivity index (χ1n) is 16.4. The summed E-state index contributed by atoms with van der Waals surface area (Å²) < 4.78 is 55.6. The summed E-state index contributed by atoms with van der Waals surface area (Å²) in [6.07, 6.45) is 1.05. The maximum absolute atomic E-state index is 14.1. The van der Waals surface area contributed by atoms with E-state index in [0.29, 0.717) is 22.5 Å². The predicted molar refractivity (Wildman–Crippen MR) is 221 cm³/mol. The van der Waals surface area contributed by atoms with Crippen molar-refractivity contribution >= 4 is 89.4 Å². The molecule has 2 N–H and O–H groups in total. The number of aryl methyl sites for hydroxylation is 1. The van der Waals surface area contributed by atoms with Gasteiger partial charge >= 0.3 is 0 Å². The van der Waals surface area contributed by atoms with Crippen LogP contribution >= 0.6 is 46.2 Å². The third-order valence-corrected chi connectivity index (χ3v) is 14.3. The van der Waals surface area contributed by atoms with Gasteiger partial charge in [0, 0.05) is 38.1 Å². The molecule has 4 heterocycles. The smallest absolute Gasteiger partial charge is 0.271 e. The minimum absolute atomic E-state index is 0.0246. The van der Waals surface area contributed by atoms with E-state index >= 15 is 0 Å². The van der Waals surface area contributed by atoms with Crippen LogP contribution < -0.4 is 10.6 Å². The highest BCUT2D eigenvalue weighted by atomic mass is 32.2. The minimum atomic E-state index is -4.20. The Kier molecular flexibility index (Phi) is 11.6. The lowest BCUT2D eigenvalue weighted by atomic mass is 10.1. The van der Waals surface area contributed by atoms with Crippen molar-refractivity contribution in [3.63, 3.8) is 0 Å². The summed E-state index contributed by atoms with van der Waals surface area (Å²) in [5.41, 5.74) is 3.82. The van der Waals surface area contributed by atoms with Crippen molar-refractivity contribution in [2.45, 2.75) is 22.1 Å². The Bertz CT molecular complexity index is 2750. The highest BCUT2D eigenvalue weighted by molar-refractivity contribution is 8.00. The lowest BCUT2D eigenvalue weighted by Crippen LogP contribution is -2.18. The van der Waals surface area contributed by atoms with E-state index in [1.54, 1.807) is 82.9 Å². The zero-order valence-electron chi connectivity index (χ0n) is 29.4. The summed E-state index contributed by atoms with van der Waals surface area (Å²) in [5.74, 6) is -0.734. The number of para-hydroxylation sites is 1.